The van der Waals surface area contributed by atoms with E-state index in [1.54, 1.807) is 16.7 Å². The van der Waals surface area contributed by atoms with Gasteiger partial charge in [-0.1, -0.05) is 23.5 Å². The van der Waals surface area contributed by atoms with E-state index in [2.05, 4.69) is 4.99 Å². The SMILES string of the molecule is O=C1C(SC2=NCCS2)CCN1c1ccc(C(F)(F)F)cc1. The van der Waals surface area contributed by atoms with E-state index in [9.17, 15) is 18.0 Å². The molecule has 8 heteroatoms. The Morgan fingerprint density at radius 1 is 1.27 bits per heavy atom. The normalized spacial score (nSPS) is 22.3. The molecule has 0 bridgehead atoms. The highest BCUT2D eigenvalue weighted by Crippen LogP contribution is 2.35. The van der Waals surface area contributed by atoms with Gasteiger partial charge in [-0.2, -0.15) is 13.2 Å². The maximum atomic E-state index is 12.6. The van der Waals surface area contributed by atoms with Crippen LogP contribution >= 0.6 is 23.5 Å². The van der Waals surface area contributed by atoms with E-state index in [0.29, 0.717) is 18.7 Å². The lowest BCUT2D eigenvalue weighted by Gasteiger charge is -2.17. The lowest BCUT2D eigenvalue weighted by molar-refractivity contribution is -0.137. The molecular weight excluding hydrogens is 333 g/mol. The minimum atomic E-state index is -4.36. The molecule has 3 nitrogen and oxygen atoms in total. The minimum absolute atomic E-state index is 0.0556. The Morgan fingerprint density at radius 3 is 2.59 bits per heavy atom. The van der Waals surface area contributed by atoms with Crippen LogP contribution in [0.5, 0.6) is 0 Å². The molecule has 2 heterocycles. The second kappa shape index (κ2) is 6.16. The average Bonchev–Trinajstić information content (AvgIpc) is 3.10. The first-order chi connectivity index (χ1) is 10.4. The van der Waals surface area contributed by atoms with Gasteiger partial charge in [0.15, 0.2) is 0 Å². The molecule has 1 aromatic carbocycles. The number of nitrogens with zero attached hydrogens (tertiary/aromatic N) is 2. The topological polar surface area (TPSA) is 32.7 Å². The summed E-state index contributed by atoms with van der Waals surface area (Å²) >= 11 is 3.12. The average molecular weight is 346 g/mol. The van der Waals surface area contributed by atoms with Gasteiger partial charge in [0, 0.05) is 18.0 Å². The highest BCUT2D eigenvalue weighted by atomic mass is 32.2. The second-order valence-electron chi connectivity index (χ2n) is 4.93. The fourth-order valence-electron chi connectivity index (χ4n) is 2.36. The van der Waals surface area contributed by atoms with E-state index in [1.165, 1.54) is 23.9 Å². The van der Waals surface area contributed by atoms with E-state index >= 15 is 0 Å². The quantitative estimate of drug-likeness (QED) is 0.819. The van der Waals surface area contributed by atoms with Crippen LogP contribution in [0.3, 0.4) is 0 Å². The number of amides is 1. The van der Waals surface area contributed by atoms with Gasteiger partial charge in [-0.3, -0.25) is 9.79 Å². The zero-order chi connectivity index (χ0) is 15.7. The summed E-state index contributed by atoms with van der Waals surface area (Å²) in [6.07, 6.45) is -3.67. The first kappa shape index (κ1) is 15.7. The number of aliphatic imine (C=N–C) groups is 1. The van der Waals surface area contributed by atoms with E-state index < -0.39 is 11.7 Å². The highest BCUT2D eigenvalue weighted by Gasteiger charge is 2.35. The van der Waals surface area contributed by atoms with Crippen molar-refractivity contribution >= 4 is 39.5 Å². The van der Waals surface area contributed by atoms with Crippen LogP contribution in [0.25, 0.3) is 0 Å². The Bertz CT molecular complexity index is 601. The van der Waals surface area contributed by atoms with Crippen LogP contribution in [0, 0.1) is 0 Å². The van der Waals surface area contributed by atoms with Gasteiger partial charge in [-0.05, 0) is 30.7 Å². The summed E-state index contributed by atoms with van der Waals surface area (Å²) in [5.74, 6) is 0.895. The molecular formula is C14H13F3N2OS2. The molecule has 3 rings (SSSR count). The third-order valence-electron chi connectivity index (χ3n) is 3.46. The van der Waals surface area contributed by atoms with E-state index in [1.807, 2.05) is 0 Å². The lowest BCUT2D eigenvalue weighted by atomic mass is 10.2. The zero-order valence-corrected chi connectivity index (χ0v) is 13.1. The number of benzene rings is 1. The molecule has 1 fully saturated rings. The molecule has 0 aromatic heterocycles. The molecule has 22 heavy (non-hydrogen) atoms. The van der Waals surface area contributed by atoms with Crippen LogP contribution < -0.4 is 4.90 Å². The maximum absolute atomic E-state index is 12.6. The number of alkyl halides is 3. The first-order valence-electron chi connectivity index (χ1n) is 6.78. The fraction of sp³-hybridized carbons (Fsp3) is 0.429. The van der Waals surface area contributed by atoms with Gasteiger partial charge in [0.25, 0.3) is 0 Å². The number of carbonyl (C=O) groups excluding carboxylic acids is 1. The minimum Gasteiger partial charge on any atom is -0.311 e. The molecule has 118 valence electrons. The van der Waals surface area contributed by atoms with Crippen LogP contribution in [0.4, 0.5) is 18.9 Å². The van der Waals surface area contributed by atoms with Gasteiger partial charge in [0.2, 0.25) is 5.91 Å². The number of hydrogen-bond acceptors (Lipinski definition) is 4. The van der Waals surface area contributed by atoms with E-state index in [0.717, 1.165) is 28.8 Å². The molecule has 0 aliphatic carbocycles. The van der Waals surface area contributed by atoms with Crippen molar-refractivity contribution in [2.45, 2.75) is 17.8 Å². The molecule has 1 aromatic rings. The van der Waals surface area contributed by atoms with Crippen molar-refractivity contribution in [3.8, 4) is 0 Å². The Labute approximate surface area is 134 Å². The van der Waals surface area contributed by atoms with Crippen LogP contribution in [0.1, 0.15) is 12.0 Å². The lowest BCUT2D eigenvalue weighted by Crippen LogP contribution is -2.28. The van der Waals surface area contributed by atoms with Crippen molar-refractivity contribution in [2.24, 2.45) is 4.99 Å². The standard InChI is InChI=1S/C14H13F3N2OS2/c15-14(16,17)9-1-3-10(4-2-9)19-7-5-11(12(19)20)22-13-18-6-8-21-13/h1-4,11H,5-8H2. The third-order valence-corrected chi connectivity index (χ3v) is 5.92. The van der Waals surface area contributed by atoms with Crippen molar-refractivity contribution in [2.75, 3.05) is 23.7 Å². The molecule has 1 atom stereocenters. The highest BCUT2D eigenvalue weighted by molar-refractivity contribution is 8.39. The molecule has 2 aliphatic heterocycles. The second-order valence-corrected chi connectivity index (χ2v) is 7.46. The van der Waals surface area contributed by atoms with E-state index in [-0.39, 0.29) is 11.2 Å². The summed E-state index contributed by atoms with van der Waals surface area (Å²) in [5, 5.41) is -0.188. The fourth-order valence-corrected chi connectivity index (χ4v) is 4.63. The summed E-state index contributed by atoms with van der Waals surface area (Å²) in [7, 11) is 0. The molecule has 1 unspecified atom stereocenters. The smallest absolute Gasteiger partial charge is 0.311 e. The van der Waals surface area contributed by atoms with Crippen LogP contribution in [-0.4, -0.2) is 34.4 Å². The summed E-state index contributed by atoms with van der Waals surface area (Å²) < 4.78 is 38.6. The van der Waals surface area contributed by atoms with Crippen LogP contribution in [0.2, 0.25) is 0 Å². The molecule has 0 radical (unpaired) electrons. The monoisotopic (exact) mass is 346 g/mol. The van der Waals surface area contributed by atoms with Gasteiger partial charge in [-0.25, -0.2) is 0 Å². The van der Waals surface area contributed by atoms with Crippen molar-refractivity contribution in [1.82, 2.24) is 0 Å². The summed E-state index contributed by atoms with van der Waals surface area (Å²) in [6, 6.07) is 4.74. The molecule has 0 spiro atoms. The molecule has 1 saturated heterocycles. The summed E-state index contributed by atoms with van der Waals surface area (Å²) in [4.78, 5) is 18.3. The maximum Gasteiger partial charge on any atom is 0.416 e. The third kappa shape index (κ3) is 3.27. The van der Waals surface area contributed by atoms with Crippen LogP contribution in [-0.2, 0) is 11.0 Å². The van der Waals surface area contributed by atoms with Crippen LogP contribution in [0.15, 0.2) is 29.3 Å². The van der Waals surface area contributed by atoms with Crippen molar-refractivity contribution in [1.29, 1.82) is 0 Å². The van der Waals surface area contributed by atoms with E-state index in [4.69, 9.17) is 0 Å². The van der Waals surface area contributed by atoms with Gasteiger partial charge in [-0.15, -0.1) is 0 Å². The van der Waals surface area contributed by atoms with Gasteiger partial charge >= 0.3 is 6.18 Å². The summed E-state index contributed by atoms with van der Waals surface area (Å²) in [6.45, 7) is 1.32. The Balaban J connectivity index is 1.69. The van der Waals surface area contributed by atoms with Gasteiger partial charge < -0.3 is 4.90 Å². The number of hydrogen-bond donors (Lipinski definition) is 0. The largest absolute Gasteiger partial charge is 0.416 e. The zero-order valence-electron chi connectivity index (χ0n) is 11.5. The Morgan fingerprint density at radius 2 is 2.00 bits per heavy atom. The number of rotatable bonds is 2. The predicted octanol–water partition coefficient (Wildman–Crippen LogP) is 3.65. The van der Waals surface area contributed by atoms with Crippen molar-refractivity contribution < 1.29 is 18.0 Å². The molecule has 1 amide bonds. The van der Waals surface area contributed by atoms with Gasteiger partial charge in [0.1, 0.15) is 4.38 Å². The first-order valence-corrected chi connectivity index (χ1v) is 8.64. The number of anilines is 1. The molecule has 0 saturated carbocycles. The van der Waals surface area contributed by atoms with Gasteiger partial charge in [0.05, 0.1) is 17.4 Å². The predicted molar refractivity (Wildman–Crippen MR) is 84.6 cm³/mol. The Kier molecular flexibility index (Phi) is 4.40. The molecule has 2 aliphatic rings. The number of carbonyl (C=O) groups is 1. The number of halogens is 3. The molecule has 0 N–H and O–H groups in total. The Hall–Kier alpha value is -1.15. The summed E-state index contributed by atoms with van der Waals surface area (Å²) in [5.41, 5.74) is -0.187. The number of thioether (sulfide) groups is 2. The van der Waals surface area contributed by atoms with Crippen molar-refractivity contribution in [3.05, 3.63) is 29.8 Å². The van der Waals surface area contributed by atoms with Crippen molar-refractivity contribution in [3.63, 3.8) is 0 Å².